The Morgan fingerprint density at radius 3 is 2.74 bits per heavy atom. The van der Waals surface area contributed by atoms with Gasteiger partial charge in [-0.15, -0.1) is 0 Å². The first-order valence-corrected chi connectivity index (χ1v) is 8.64. The highest BCUT2D eigenvalue weighted by molar-refractivity contribution is 5.81. The molecule has 1 saturated heterocycles. The number of hydrogen-bond donors (Lipinski definition) is 1. The molecule has 1 aromatic carbocycles. The SMILES string of the molecule is CCC1CN(c2nc3ccccc3cc2CO)CCN1C(C)C. The molecule has 1 aromatic heterocycles. The number of rotatable bonds is 4. The molecule has 4 heteroatoms. The zero-order valence-electron chi connectivity index (χ0n) is 14.4. The average molecular weight is 313 g/mol. The molecule has 0 spiro atoms. The van der Waals surface area contributed by atoms with Gasteiger partial charge in [-0.25, -0.2) is 4.98 Å². The van der Waals surface area contributed by atoms with E-state index >= 15 is 0 Å². The number of aliphatic hydroxyl groups is 1. The first kappa shape index (κ1) is 16.2. The molecule has 2 aromatic rings. The number of pyridine rings is 1. The Kier molecular flexibility index (Phi) is 4.83. The molecule has 4 nitrogen and oxygen atoms in total. The molecule has 1 unspecified atom stereocenters. The van der Waals surface area contributed by atoms with E-state index in [2.05, 4.69) is 42.7 Å². The van der Waals surface area contributed by atoms with Gasteiger partial charge in [0.15, 0.2) is 0 Å². The lowest BCUT2D eigenvalue weighted by molar-refractivity contribution is 0.133. The number of piperazine rings is 1. The predicted octanol–water partition coefficient (Wildman–Crippen LogP) is 3.04. The maximum atomic E-state index is 9.79. The minimum absolute atomic E-state index is 0.0361. The largest absolute Gasteiger partial charge is 0.392 e. The monoisotopic (exact) mass is 313 g/mol. The number of para-hydroxylation sites is 1. The fourth-order valence-corrected chi connectivity index (χ4v) is 3.64. The summed E-state index contributed by atoms with van der Waals surface area (Å²) in [5.41, 5.74) is 1.93. The normalized spacial score (nSPS) is 19.7. The van der Waals surface area contributed by atoms with Crippen LogP contribution in [0.15, 0.2) is 30.3 Å². The summed E-state index contributed by atoms with van der Waals surface area (Å²) < 4.78 is 0. The number of benzene rings is 1. The van der Waals surface area contributed by atoms with Crippen molar-refractivity contribution in [3.8, 4) is 0 Å². The van der Waals surface area contributed by atoms with Crippen LogP contribution in [0.3, 0.4) is 0 Å². The minimum atomic E-state index is 0.0361. The Bertz CT molecular complexity index is 671. The van der Waals surface area contributed by atoms with Crippen LogP contribution in [-0.2, 0) is 6.61 Å². The molecule has 23 heavy (non-hydrogen) atoms. The molecule has 2 heterocycles. The van der Waals surface area contributed by atoms with E-state index in [1.807, 2.05) is 18.2 Å². The highest BCUT2D eigenvalue weighted by Crippen LogP contribution is 2.27. The second-order valence-corrected chi connectivity index (χ2v) is 6.66. The molecule has 0 amide bonds. The second-order valence-electron chi connectivity index (χ2n) is 6.66. The van der Waals surface area contributed by atoms with Crippen LogP contribution in [-0.4, -0.2) is 46.7 Å². The van der Waals surface area contributed by atoms with Crippen LogP contribution in [0.25, 0.3) is 10.9 Å². The molecule has 124 valence electrons. The van der Waals surface area contributed by atoms with Gasteiger partial charge >= 0.3 is 0 Å². The number of fused-ring (bicyclic) bond motifs is 1. The van der Waals surface area contributed by atoms with Crippen LogP contribution < -0.4 is 4.90 Å². The van der Waals surface area contributed by atoms with Crippen molar-refractivity contribution in [1.29, 1.82) is 0 Å². The van der Waals surface area contributed by atoms with Gasteiger partial charge in [-0.1, -0.05) is 25.1 Å². The quantitative estimate of drug-likeness (QED) is 0.942. The van der Waals surface area contributed by atoms with Crippen LogP contribution in [0.1, 0.15) is 32.8 Å². The molecule has 1 aliphatic rings. The van der Waals surface area contributed by atoms with Crippen LogP contribution in [0.4, 0.5) is 5.82 Å². The Balaban J connectivity index is 1.93. The fourth-order valence-electron chi connectivity index (χ4n) is 3.64. The second kappa shape index (κ2) is 6.85. The average Bonchev–Trinajstić information content (AvgIpc) is 2.59. The molecule has 3 rings (SSSR count). The third-order valence-corrected chi connectivity index (χ3v) is 4.91. The van der Waals surface area contributed by atoms with Crippen LogP contribution in [0, 0.1) is 0 Å². The Morgan fingerprint density at radius 1 is 1.26 bits per heavy atom. The van der Waals surface area contributed by atoms with E-state index < -0.39 is 0 Å². The zero-order chi connectivity index (χ0) is 16.4. The summed E-state index contributed by atoms with van der Waals surface area (Å²) in [4.78, 5) is 9.79. The van der Waals surface area contributed by atoms with Gasteiger partial charge in [-0.3, -0.25) is 4.90 Å². The Labute approximate surface area is 138 Å². The van der Waals surface area contributed by atoms with Crippen molar-refractivity contribution < 1.29 is 5.11 Å². The van der Waals surface area contributed by atoms with Crippen molar-refractivity contribution in [1.82, 2.24) is 9.88 Å². The van der Waals surface area contributed by atoms with Crippen molar-refractivity contribution in [2.24, 2.45) is 0 Å². The summed E-state index contributed by atoms with van der Waals surface area (Å²) >= 11 is 0. The van der Waals surface area contributed by atoms with E-state index in [0.717, 1.165) is 48.3 Å². The molecule has 0 bridgehead atoms. The molecule has 1 fully saturated rings. The van der Waals surface area contributed by atoms with E-state index in [4.69, 9.17) is 4.98 Å². The summed E-state index contributed by atoms with van der Waals surface area (Å²) in [5.74, 6) is 0.952. The number of anilines is 1. The predicted molar refractivity (Wildman–Crippen MR) is 95.8 cm³/mol. The molecule has 0 radical (unpaired) electrons. The minimum Gasteiger partial charge on any atom is -0.392 e. The van der Waals surface area contributed by atoms with Gasteiger partial charge in [0, 0.05) is 42.7 Å². The lowest BCUT2D eigenvalue weighted by Crippen LogP contribution is -2.55. The fraction of sp³-hybridized carbons (Fsp3) is 0.526. The highest BCUT2D eigenvalue weighted by atomic mass is 16.3. The first-order valence-electron chi connectivity index (χ1n) is 8.64. The molecular weight excluding hydrogens is 286 g/mol. The maximum Gasteiger partial charge on any atom is 0.134 e. The van der Waals surface area contributed by atoms with E-state index in [0.29, 0.717) is 12.1 Å². The molecular formula is C19H27N3O. The number of hydrogen-bond acceptors (Lipinski definition) is 4. The van der Waals surface area contributed by atoms with Crippen molar-refractivity contribution in [3.05, 3.63) is 35.9 Å². The third-order valence-electron chi connectivity index (χ3n) is 4.91. The Morgan fingerprint density at radius 2 is 2.04 bits per heavy atom. The Hall–Kier alpha value is -1.65. The van der Waals surface area contributed by atoms with E-state index in [9.17, 15) is 5.11 Å². The van der Waals surface area contributed by atoms with E-state index in [-0.39, 0.29) is 6.61 Å². The number of aromatic nitrogens is 1. The van der Waals surface area contributed by atoms with E-state index in [1.54, 1.807) is 0 Å². The molecule has 1 N–H and O–H groups in total. The summed E-state index contributed by atoms with van der Waals surface area (Å²) in [6, 6.07) is 11.3. The standard InChI is InChI=1S/C19H27N3O/c1-4-17-12-21(9-10-22(17)14(2)3)19-16(13-23)11-15-7-5-6-8-18(15)20-19/h5-8,11,14,17,23H,4,9-10,12-13H2,1-3H3. The molecule has 1 aliphatic heterocycles. The van der Waals surface area contributed by atoms with Gasteiger partial charge in [0.1, 0.15) is 5.82 Å². The van der Waals surface area contributed by atoms with Gasteiger partial charge in [-0.2, -0.15) is 0 Å². The number of nitrogens with zero attached hydrogens (tertiary/aromatic N) is 3. The van der Waals surface area contributed by atoms with Gasteiger partial charge in [0.05, 0.1) is 12.1 Å². The number of aliphatic hydroxyl groups excluding tert-OH is 1. The molecule has 0 saturated carbocycles. The molecule has 0 aliphatic carbocycles. The van der Waals surface area contributed by atoms with Crippen molar-refractivity contribution >= 4 is 16.7 Å². The lowest BCUT2D eigenvalue weighted by Gasteiger charge is -2.44. The summed E-state index contributed by atoms with van der Waals surface area (Å²) in [6.07, 6.45) is 1.14. The van der Waals surface area contributed by atoms with Crippen molar-refractivity contribution in [2.75, 3.05) is 24.5 Å². The zero-order valence-corrected chi connectivity index (χ0v) is 14.4. The van der Waals surface area contributed by atoms with Crippen LogP contribution >= 0.6 is 0 Å². The van der Waals surface area contributed by atoms with Gasteiger partial charge in [-0.05, 0) is 32.4 Å². The van der Waals surface area contributed by atoms with Crippen LogP contribution in [0.5, 0.6) is 0 Å². The van der Waals surface area contributed by atoms with Gasteiger partial charge < -0.3 is 10.0 Å². The highest BCUT2D eigenvalue weighted by Gasteiger charge is 2.29. The van der Waals surface area contributed by atoms with Crippen molar-refractivity contribution in [3.63, 3.8) is 0 Å². The first-order chi connectivity index (χ1) is 11.1. The molecule has 1 atom stereocenters. The summed E-state index contributed by atoms with van der Waals surface area (Å²) in [6.45, 7) is 9.83. The van der Waals surface area contributed by atoms with E-state index in [1.165, 1.54) is 0 Å². The third kappa shape index (κ3) is 3.19. The summed E-state index contributed by atoms with van der Waals surface area (Å²) in [5, 5.41) is 10.9. The topological polar surface area (TPSA) is 39.6 Å². The van der Waals surface area contributed by atoms with Gasteiger partial charge in [0.25, 0.3) is 0 Å². The van der Waals surface area contributed by atoms with Crippen molar-refractivity contribution in [2.45, 2.75) is 45.9 Å². The van der Waals surface area contributed by atoms with Gasteiger partial charge in [0.2, 0.25) is 0 Å². The smallest absolute Gasteiger partial charge is 0.134 e. The summed E-state index contributed by atoms with van der Waals surface area (Å²) in [7, 11) is 0. The van der Waals surface area contributed by atoms with Crippen LogP contribution in [0.2, 0.25) is 0 Å². The maximum absolute atomic E-state index is 9.79. The lowest BCUT2D eigenvalue weighted by atomic mass is 10.1.